The fourth-order valence-electron chi connectivity index (χ4n) is 1.05. The molecule has 2 N–H and O–H groups in total. The Kier molecular flexibility index (Phi) is 2.60. The molecule has 5 heteroatoms. The van der Waals surface area contributed by atoms with E-state index in [4.69, 9.17) is 0 Å². The van der Waals surface area contributed by atoms with Gasteiger partial charge in [0, 0.05) is 6.20 Å². The van der Waals surface area contributed by atoms with Crippen molar-refractivity contribution in [1.29, 1.82) is 0 Å². The highest BCUT2D eigenvalue weighted by Crippen LogP contribution is 2.07. The van der Waals surface area contributed by atoms with Gasteiger partial charge in [0.05, 0.1) is 17.1 Å². The van der Waals surface area contributed by atoms with Crippen LogP contribution >= 0.6 is 11.3 Å². The number of H-pyrrole nitrogens is 1. The normalized spacial score (nSPS) is 10.0. The monoisotopic (exact) mass is 207 g/mol. The van der Waals surface area contributed by atoms with Gasteiger partial charge in [0.1, 0.15) is 0 Å². The Labute approximate surface area is 85.0 Å². The number of hydrogen-bond acceptors (Lipinski definition) is 3. The van der Waals surface area contributed by atoms with Gasteiger partial charge in [-0.3, -0.25) is 9.89 Å². The number of hydrogen-bond donors (Lipinski definition) is 2. The second-order valence-electron chi connectivity index (χ2n) is 2.74. The standard InChI is InChI=1S/C9H9N3OS/c13-9(8-2-1-5-14-8)10-6-7-3-4-11-12-7/h1-5H,6H2,(H,10,13)(H,11,12). The molecule has 0 spiro atoms. The van der Waals surface area contributed by atoms with Crippen LogP contribution in [0.4, 0.5) is 0 Å². The van der Waals surface area contributed by atoms with Gasteiger partial charge in [-0.25, -0.2) is 0 Å². The van der Waals surface area contributed by atoms with Crippen LogP contribution < -0.4 is 5.32 Å². The van der Waals surface area contributed by atoms with Crippen LogP contribution in [-0.2, 0) is 6.54 Å². The van der Waals surface area contributed by atoms with E-state index in [-0.39, 0.29) is 5.91 Å². The first-order valence-electron chi connectivity index (χ1n) is 4.16. The Hall–Kier alpha value is -1.62. The van der Waals surface area contributed by atoms with Gasteiger partial charge < -0.3 is 5.32 Å². The molecule has 2 aromatic heterocycles. The van der Waals surface area contributed by atoms with E-state index in [0.717, 1.165) is 10.6 Å². The molecule has 0 aromatic carbocycles. The van der Waals surface area contributed by atoms with E-state index in [2.05, 4.69) is 15.5 Å². The number of thiophene rings is 1. The molecule has 1 amide bonds. The topological polar surface area (TPSA) is 57.8 Å². The van der Waals surface area contributed by atoms with Gasteiger partial charge >= 0.3 is 0 Å². The van der Waals surface area contributed by atoms with Crippen LogP contribution in [-0.4, -0.2) is 16.1 Å². The number of rotatable bonds is 3. The average Bonchev–Trinajstić information content (AvgIpc) is 2.87. The molecule has 0 aliphatic carbocycles. The van der Waals surface area contributed by atoms with Crippen LogP contribution in [0.15, 0.2) is 29.8 Å². The molecular formula is C9H9N3OS. The summed E-state index contributed by atoms with van der Waals surface area (Å²) in [5.41, 5.74) is 0.898. The number of nitrogens with one attached hydrogen (secondary N) is 2. The van der Waals surface area contributed by atoms with Gasteiger partial charge in [-0.1, -0.05) is 6.07 Å². The minimum Gasteiger partial charge on any atom is -0.346 e. The molecule has 2 heterocycles. The van der Waals surface area contributed by atoms with E-state index in [0.29, 0.717) is 6.54 Å². The summed E-state index contributed by atoms with van der Waals surface area (Å²) in [6.45, 7) is 0.483. The predicted octanol–water partition coefficient (Wildman–Crippen LogP) is 1.40. The molecule has 2 aromatic rings. The summed E-state index contributed by atoms with van der Waals surface area (Å²) in [6.07, 6.45) is 1.66. The molecule has 4 nitrogen and oxygen atoms in total. The Morgan fingerprint density at radius 1 is 1.57 bits per heavy atom. The lowest BCUT2D eigenvalue weighted by molar-refractivity contribution is 0.0954. The van der Waals surface area contributed by atoms with E-state index in [1.54, 1.807) is 12.3 Å². The third-order valence-corrected chi connectivity index (χ3v) is 2.61. The van der Waals surface area contributed by atoms with E-state index in [1.807, 2.05) is 17.5 Å². The summed E-state index contributed by atoms with van der Waals surface area (Å²) in [7, 11) is 0. The maximum atomic E-state index is 11.5. The maximum absolute atomic E-state index is 11.5. The first-order chi connectivity index (χ1) is 6.86. The van der Waals surface area contributed by atoms with Crippen LogP contribution in [0.25, 0.3) is 0 Å². The fourth-order valence-corrected chi connectivity index (χ4v) is 1.69. The summed E-state index contributed by atoms with van der Waals surface area (Å²) in [5, 5.41) is 11.2. The number of carbonyl (C=O) groups excluding carboxylic acids is 1. The summed E-state index contributed by atoms with van der Waals surface area (Å²) >= 11 is 1.43. The molecule has 0 saturated heterocycles. The number of carbonyl (C=O) groups is 1. The number of aromatic amines is 1. The van der Waals surface area contributed by atoms with Crippen molar-refractivity contribution in [1.82, 2.24) is 15.5 Å². The zero-order valence-corrected chi connectivity index (χ0v) is 8.17. The molecule has 72 valence electrons. The van der Waals surface area contributed by atoms with Crippen LogP contribution in [0, 0.1) is 0 Å². The molecule has 0 aliphatic heterocycles. The number of amides is 1. The SMILES string of the molecule is O=C(NCc1ccn[nH]1)c1cccs1. The van der Waals surface area contributed by atoms with E-state index < -0.39 is 0 Å². The number of nitrogens with zero attached hydrogens (tertiary/aromatic N) is 1. The first kappa shape index (κ1) is 8.96. The lowest BCUT2D eigenvalue weighted by atomic mass is 10.4. The van der Waals surface area contributed by atoms with Crippen molar-refractivity contribution in [2.75, 3.05) is 0 Å². The summed E-state index contributed by atoms with van der Waals surface area (Å²) in [5.74, 6) is -0.0467. The second-order valence-corrected chi connectivity index (χ2v) is 3.69. The minimum atomic E-state index is -0.0467. The van der Waals surface area contributed by atoms with Crippen LogP contribution in [0.5, 0.6) is 0 Å². The average molecular weight is 207 g/mol. The van der Waals surface area contributed by atoms with Gasteiger partial charge in [-0.2, -0.15) is 5.10 Å². The van der Waals surface area contributed by atoms with Crippen molar-refractivity contribution in [3.8, 4) is 0 Å². The van der Waals surface area contributed by atoms with Gasteiger partial charge in [0.2, 0.25) is 0 Å². The Morgan fingerprint density at radius 3 is 3.14 bits per heavy atom. The highest BCUT2D eigenvalue weighted by Gasteiger charge is 2.05. The summed E-state index contributed by atoms with van der Waals surface area (Å²) in [4.78, 5) is 12.2. The van der Waals surface area contributed by atoms with Crippen molar-refractivity contribution in [3.63, 3.8) is 0 Å². The Morgan fingerprint density at radius 2 is 2.50 bits per heavy atom. The van der Waals surface area contributed by atoms with Crippen molar-refractivity contribution in [2.45, 2.75) is 6.54 Å². The molecule has 2 rings (SSSR count). The van der Waals surface area contributed by atoms with Gasteiger partial charge in [0.15, 0.2) is 0 Å². The Bertz CT molecular complexity index is 394. The molecule has 0 atom stereocenters. The van der Waals surface area contributed by atoms with E-state index in [1.165, 1.54) is 11.3 Å². The van der Waals surface area contributed by atoms with Gasteiger partial charge in [0.25, 0.3) is 5.91 Å². The zero-order chi connectivity index (χ0) is 9.80. The predicted molar refractivity (Wildman–Crippen MR) is 54.1 cm³/mol. The molecule has 0 bridgehead atoms. The zero-order valence-electron chi connectivity index (χ0n) is 7.36. The highest BCUT2D eigenvalue weighted by molar-refractivity contribution is 7.12. The highest BCUT2D eigenvalue weighted by atomic mass is 32.1. The fraction of sp³-hybridized carbons (Fsp3) is 0.111. The van der Waals surface area contributed by atoms with E-state index >= 15 is 0 Å². The number of aromatic nitrogens is 2. The summed E-state index contributed by atoms with van der Waals surface area (Å²) < 4.78 is 0. The van der Waals surface area contributed by atoms with Crippen molar-refractivity contribution in [3.05, 3.63) is 40.3 Å². The van der Waals surface area contributed by atoms with Crippen LogP contribution in [0.3, 0.4) is 0 Å². The van der Waals surface area contributed by atoms with Crippen LogP contribution in [0.2, 0.25) is 0 Å². The molecule has 0 unspecified atom stereocenters. The first-order valence-corrected chi connectivity index (χ1v) is 5.04. The molecule has 0 radical (unpaired) electrons. The third-order valence-electron chi connectivity index (χ3n) is 1.74. The molecule has 0 saturated carbocycles. The third kappa shape index (κ3) is 2.00. The second kappa shape index (κ2) is 4.06. The molecule has 0 aliphatic rings. The molecule has 0 fully saturated rings. The van der Waals surface area contributed by atoms with Crippen molar-refractivity contribution < 1.29 is 4.79 Å². The molecule has 14 heavy (non-hydrogen) atoms. The van der Waals surface area contributed by atoms with Gasteiger partial charge in [-0.15, -0.1) is 11.3 Å². The minimum absolute atomic E-state index is 0.0467. The Balaban J connectivity index is 1.90. The molecular weight excluding hydrogens is 198 g/mol. The maximum Gasteiger partial charge on any atom is 0.261 e. The summed E-state index contributed by atoms with van der Waals surface area (Å²) in [6, 6.07) is 5.48. The van der Waals surface area contributed by atoms with Crippen molar-refractivity contribution in [2.24, 2.45) is 0 Å². The quantitative estimate of drug-likeness (QED) is 0.799. The van der Waals surface area contributed by atoms with E-state index in [9.17, 15) is 4.79 Å². The smallest absolute Gasteiger partial charge is 0.261 e. The lowest BCUT2D eigenvalue weighted by Gasteiger charge is -2.00. The van der Waals surface area contributed by atoms with Gasteiger partial charge in [-0.05, 0) is 17.5 Å². The largest absolute Gasteiger partial charge is 0.346 e. The van der Waals surface area contributed by atoms with Crippen molar-refractivity contribution >= 4 is 17.2 Å². The lowest BCUT2D eigenvalue weighted by Crippen LogP contribution is -2.21. The van der Waals surface area contributed by atoms with Crippen LogP contribution in [0.1, 0.15) is 15.4 Å².